The molecule has 0 N–H and O–H groups in total. The van der Waals surface area contributed by atoms with E-state index in [2.05, 4.69) is 235 Å². The second kappa shape index (κ2) is 14.3. The molecule has 0 radical (unpaired) electrons. The first-order chi connectivity index (χ1) is 30.2. The molecular weight excluding hydrogens is 737 g/mol. The summed E-state index contributed by atoms with van der Waals surface area (Å²) in [6.45, 7) is 0. The van der Waals surface area contributed by atoms with Crippen molar-refractivity contribution in [2.24, 2.45) is 0 Å². The van der Waals surface area contributed by atoms with E-state index in [9.17, 15) is 0 Å². The van der Waals surface area contributed by atoms with Crippen LogP contribution < -0.4 is 0 Å². The Morgan fingerprint density at radius 3 is 1.41 bits per heavy atom. The maximum Gasteiger partial charge on any atom is 0.0715 e. The first-order valence-corrected chi connectivity index (χ1v) is 21.0. The van der Waals surface area contributed by atoms with E-state index >= 15 is 0 Å². The number of nitrogens with zero attached hydrogens (tertiary/aromatic N) is 2. The summed E-state index contributed by atoms with van der Waals surface area (Å²) in [4.78, 5) is 5.21. The molecule has 0 saturated carbocycles. The molecule has 2 aromatic heterocycles. The van der Waals surface area contributed by atoms with Gasteiger partial charge in [-0.05, 0) is 114 Å². The van der Waals surface area contributed by atoms with Crippen molar-refractivity contribution in [1.29, 1.82) is 0 Å². The van der Waals surface area contributed by atoms with E-state index in [-0.39, 0.29) is 0 Å². The van der Waals surface area contributed by atoms with E-state index in [4.69, 9.17) is 4.98 Å². The number of fused-ring (bicyclic) bond motifs is 9. The van der Waals surface area contributed by atoms with Crippen LogP contribution in [-0.4, -0.2) is 9.55 Å². The number of para-hydroxylation sites is 1. The molecule has 0 spiro atoms. The molecule has 10 aromatic carbocycles. The van der Waals surface area contributed by atoms with Gasteiger partial charge < -0.3 is 4.57 Å². The smallest absolute Gasteiger partial charge is 0.0715 e. The van der Waals surface area contributed by atoms with Crippen LogP contribution >= 0.6 is 0 Å². The fourth-order valence-corrected chi connectivity index (χ4v) is 9.49. The standard InChI is InChI=1S/C59H38N2/c1-4-15-39(16-5-1)40-27-31-46(32-28-40)61-57-26-13-12-23-50(57)54-36-44(30-34-58(54)61)43-29-33-52-53(35-43)49-22-11-10-21-48(49)51-25-14-24-47(59(51)52)45-37-55(41-17-6-2-7-18-41)60-56(38-45)42-19-8-3-9-20-42/h1-38H. The Morgan fingerprint density at radius 1 is 0.262 bits per heavy atom. The summed E-state index contributed by atoms with van der Waals surface area (Å²) in [6, 6.07) is 83.6. The van der Waals surface area contributed by atoms with Crippen LogP contribution in [0.4, 0.5) is 0 Å². The topological polar surface area (TPSA) is 17.8 Å². The fourth-order valence-electron chi connectivity index (χ4n) is 9.49. The third kappa shape index (κ3) is 5.92. The normalized spacial score (nSPS) is 11.6. The number of benzene rings is 10. The van der Waals surface area contributed by atoms with Gasteiger partial charge in [-0.15, -0.1) is 0 Å². The number of pyridine rings is 1. The van der Waals surface area contributed by atoms with Gasteiger partial charge in [0.25, 0.3) is 0 Å². The van der Waals surface area contributed by atoms with Gasteiger partial charge in [0.05, 0.1) is 22.4 Å². The van der Waals surface area contributed by atoms with Crippen molar-refractivity contribution in [2.45, 2.75) is 0 Å². The van der Waals surface area contributed by atoms with Gasteiger partial charge in [0.15, 0.2) is 0 Å². The molecule has 12 rings (SSSR count). The van der Waals surface area contributed by atoms with Crippen molar-refractivity contribution in [3.63, 3.8) is 0 Å². The van der Waals surface area contributed by atoms with E-state index < -0.39 is 0 Å². The quantitative estimate of drug-likeness (QED) is 0.154. The molecule has 0 atom stereocenters. The van der Waals surface area contributed by atoms with Crippen LogP contribution in [0, 0.1) is 0 Å². The van der Waals surface area contributed by atoms with Crippen molar-refractivity contribution in [3.05, 3.63) is 231 Å². The second-order valence-corrected chi connectivity index (χ2v) is 15.9. The highest BCUT2D eigenvalue weighted by Gasteiger charge is 2.18. The van der Waals surface area contributed by atoms with E-state index in [1.54, 1.807) is 0 Å². The Labute approximate surface area is 354 Å². The highest BCUT2D eigenvalue weighted by Crippen LogP contribution is 2.43. The monoisotopic (exact) mass is 774 g/mol. The van der Waals surface area contributed by atoms with Gasteiger partial charge in [0.1, 0.15) is 0 Å². The average molecular weight is 775 g/mol. The zero-order chi connectivity index (χ0) is 40.3. The van der Waals surface area contributed by atoms with Crippen molar-refractivity contribution >= 4 is 54.1 Å². The lowest BCUT2D eigenvalue weighted by atomic mass is 9.87. The van der Waals surface area contributed by atoms with E-state index in [0.717, 1.165) is 33.8 Å². The number of hydrogen-bond acceptors (Lipinski definition) is 1. The van der Waals surface area contributed by atoms with Gasteiger partial charge in [-0.25, -0.2) is 4.98 Å². The average Bonchev–Trinajstić information content (AvgIpc) is 3.68. The Kier molecular flexibility index (Phi) is 8.21. The van der Waals surface area contributed by atoms with Gasteiger partial charge in [0, 0.05) is 27.6 Å². The van der Waals surface area contributed by atoms with Gasteiger partial charge in [0.2, 0.25) is 0 Å². The second-order valence-electron chi connectivity index (χ2n) is 15.9. The van der Waals surface area contributed by atoms with E-state index in [1.807, 2.05) is 0 Å². The Balaban J connectivity index is 1.04. The summed E-state index contributed by atoms with van der Waals surface area (Å²) in [6.07, 6.45) is 0. The minimum absolute atomic E-state index is 0.960. The van der Waals surface area contributed by atoms with Crippen LogP contribution in [0.5, 0.6) is 0 Å². The Hall–Kier alpha value is -8.07. The molecule has 2 nitrogen and oxygen atoms in total. The molecule has 0 fully saturated rings. The van der Waals surface area contributed by atoms with Crippen LogP contribution in [-0.2, 0) is 0 Å². The summed E-state index contributed by atoms with van der Waals surface area (Å²) in [7, 11) is 0. The summed E-state index contributed by atoms with van der Waals surface area (Å²) in [5, 5.41) is 9.98. The molecule has 0 bridgehead atoms. The molecule has 0 aliphatic carbocycles. The van der Waals surface area contributed by atoms with Crippen molar-refractivity contribution < 1.29 is 0 Å². The van der Waals surface area contributed by atoms with Gasteiger partial charge in [-0.1, -0.05) is 182 Å². The minimum Gasteiger partial charge on any atom is -0.309 e. The molecule has 2 heteroatoms. The third-order valence-electron chi connectivity index (χ3n) is 12.4. The first kappa shape index (κ1) is 34.9. The third-order valence-corrected chi connectivity index (χ3v) is 12.4. The summed E-state index contributed by atoms with van der Waals surface area (Å²) in [5.41, 5.74) is 14.8. The minimum atomic E-state index is 0.960. The van der Waals surface area contributed by atoms with Crippen molar-refractivity contribution in [2.75, 3.05) is 0 Å². The molecule has 0 saturated heterocycles. The summed E-state index contributed by atoms with van der Waals surface area (Å²) < 4.78 is 2.40. The first-order valence-electron chi connectivity index (χ1n) is 21.0. The molecule has 0 aliphatic heterocycles. The molecule has 2 heterocycles. The molecule has 0 aliphatic rings. The zero-order valence-electron chi connectivity index (χ0n) is 33.3. The van der Waals surface area contributed by atoms with Crippen LogP contribution in [0.1, 0.15) is 0 Å². The van der Waals surface area contributed by atoms with Crippen molar-refractivity contribution in [3.8, 4) is 61.6 Å². The summed E-state index contributed by atoms with van der Waals surface area (Å²) >= 11 is 0. The van der Waals surface area contributed by atoms with Crippen molar-refractivity contribution in [1.82, 2.24) is 9.55 Å². The Morgan fingerprint density at radius 2 is 0.738 bits per heavy atom. The largest absolute Gasteiger partial charge is 0.309 e. The maximum absolute atomic E-state index is 5.21. The number of aromatic nitrogens is 2. The van der Waals surface area contributed by atoms with Crippen LogP contribution in [0.3, 0.4) is 0 Å². The molecule has 284 valence electrons. The highest BCUT2D eigenvalue weighted by atomic mass is 15.0. The van der Waals surface area contributed by atoms with Crippen LogP contribution in [0.25, 0.3) is 116 Å². The fraction of sp³-hybridized carbons (Fsp3) is 0. The maximum atomic E-state index is 5.21. The number of hydrogen-bond donors (Lipinski definition) is 0. The number of rotatable bonds is 6. The molecule has 61 heavy (non-hydrogen) atoms. The lowest BCUT2D eigenvalue weighted by Gasteiger charge is -2.17. The van der Waals surface area contributed by atoms with Gasteiger partial charge in [-0.3, -0.25) is 0 Å². The van der Waals surface area contributed by atoms with Gasteiger partial charge >= 0.3 is 0 Å². The predicted molar refractivity (Wildman–Crippen MR) is 258 cm³/mol. The molecule has 0 unspecified atom stereocenters. The van der Waals surface area contributed by atoms with E-state index in [0.29, 0.717) is 0 Å². The molecule has 12 aromatic rings. The molecular formula is C59H38N2. The highest BCUT2D eigenvalue weighted by molar-refractivity contribution is 6.29. The van der Waals surface area contributed by atoms with Crippen LogP contribution in [0.2, 0.25) is 0 Å². The lowest BCUT2D eigenvalue weighted by Crippen LogP contribution is -1.94. The molecule has 0 amide bonds. The lowest BCUT2D eigenvalue weighted by molar-refractivity contribution is 1.18. The predicted octanol–water partition coefficient (Wildman–Crippen LogP) is 16.0. The summed E-state index contributed by atoms with van der Waals surface area (Å²) in [5.74, 6) is 0. The van der Waals surface area contributed by atoms with E-state index in [1.165, 1.54) is 81.9 Å². The van der Waals surface area contributed by atoms with Crippen LogP contribution in [0.15, 0.2) is 231 Å². The zero-order valence-corrected chi connectivity index (χ0v) is 33.3. The SMILES string of the molecule is c1ccc(-c2ccc(-n3c4ccccc4c4cc(-c5ccc6c(c5)c5ccccc5c5cccc(-c7cc(-c8ccccc8)nc(-c8ccccc8)c7)c56)ccc43)cc2)cc1. The Bertz CT molecular complexity index is 3550. The van der Waals surface area contributed by atoms with Gasteiger partial charge in [-0.2, -0.15) is 0 Å².